The number of halogens is 1. The molecule has 0 amide bonds. The second-order valence-corrected chi connectivity index (χ2v) is 5.99. The van der Waals surface area contributed by atoms with Gasteiger partial charge in [0.2, 0.25) is 0 Å². The number of aliphatic hydroxyl groups is 1. The molecule has 1 aromatic carbocycles. The molecular formula is C15H22BrNO3. The molecule has 0 radical (unpaired) electrons. The molecule has 1 heterocycles. The Morgan fingerprint density at radius 2 is 2.25 bits per heavy atom. The molecule has 1 aliphatic heterocycles. The number of rotatable bonds is 6. The minimum Gasteiger partial charge on any atom is -0.493 e. The van der Waals surface area contributed by atoms with Crippen LogP contribution in [0.15, 0.2) is 16.6 Å². The highest BCUT2D eigenvalue weighted by Gasteiger charge is 2.21. The van der Waals surface area contributed by atoms with Gasteiger partial charge < -0.3 is 14.6 Å². The topological polar surface area (TPSA) is 41.9 Å². The number of aliphatic hydroxyl groups excluding tert-OH is 1. The van der Waals surface area contributed by atoms with Crippen LogP contribution < -0.4 is 9.47 Å². The Morgan fingerprint density at radius 3 is 2.85 bits per heavy atom. The molecule has 0 unspecified atom stereocenters. The second kappa shape index (κ2) is 7.29. The van der Waals surface area contributed by atoms with Gasteiger partial charge in [0.05, 0.1) is 24.3 Å². The van der Waals surface area contributed by atoms with Crippen LogP contribution in [0.25, 0.3) is 0 Å². The number of hydrogen-bond acceptors (Lipinski definition) is 4. The fourth-order valence-electron chi connectivity index (χ4n) is 2.42. The van der Waals surface area contributed by atoms with Crippen molar-refractivity contribution in [3.63, 3.8) is 0 Å². The zero-order valence-electron chi connectivity index (χ0n) is 12.1. The maximum absolute atomic E-state index is 9.58. The van der Waals surface area contributed by atoms with E-state index in [1.807, 2.05) is 6.07 Å². The molecule has 0 aliphatic carbocycles. The van der Waals surface area contributed by atoms with Crippen molar-refractivity contribution in [1.82, 2.24) is 4.90 Å². The first-order valence-electron chi connectivity index (χ1n) is 7.03. The van der Waals surface area contributed by atoms with Crippen molar-refractivity contribution in [1.29, 1.82) is 0 Å². The maximum atomic E-state index is 9.58. The van der Waals surface area contributed by atoms with E-state index >= 15 is 0 Å². The van der Waals surface area contributed by atoms with Crippen molar-refractivity contribution in [3.05, 3.63) is 22.2 Å². The molecule has 1 aromatic rings. The van der Waals surface area contributed by atoms with Crippen LogP contribution in [-0.2, 0) is 6.54 Å². The van der Waals surface area contributed by atoms with Crippen LogP contribution >= 0.6 is 15.9 Å². The molecule has 0 spiro atoms. The highest BCUT2D eigenvalue weighted by molar-refractivity contribution is 9.10. The first kappa shape index (κ1) is 15.6. The summed E-state index contributed by atoms with van der Waals surface area (Å²) in [6.45, 7) is 5.25. The van der Waals surface area contributed by atoms with Gasteiger partial charge in [0.15, 0.2) is 11.5 Å². The molecule has 1 saturated heterocycles. The monoisotopic (exact) mass is 343 g/mol. The lowest BCUT2D eigenvalue weighted by atomic mass is 10.2. The molecule has 2 rings (SSSR count). The molecule has 1 aliphatic rings. The summed E-state index contributed by atoms with van der Waals surface area (Å²) in [5.41, 5.74) is 1.16. The van der Waals surface area contributed by atoms with Gasteiger partial charge >= 0.3 is 0 Å². The Morgan fingerprint density at radius 1 is 1.45 bits per heavy atom. The van der Waals surface area contributed by atoms with E-state index in [-0.39, 0.29) is 6.10 Å². The quantitative estimate of drug-likeness (QED) is 0.862. The van der Waals surface area contributed by atoms with Crippen LogP contribution in [0.2, 0.25) is 0 Å². The van der Waals surface area contributed by atoms with Gasteiger partial charge in [0.25, 0.3) is 0 Å². The fraction of sp³-hybridized carbons (Fsp3) is 0.600. The standard InChI is InChI=1S/C15H22BrNO3/c1-3-6-20-15-13(16)7-11(8-14(15)19-2)9-17-5-4-12(18)10-17/h7-8,12,18H,3-6,9-10H2,1-2H3/t12-/m1/s1. The Bertz CT molecular complexity index is 453. The van der Waals surface area contributed by atoms with Crippen LogP contribution in [0.1, 0.15) is 25.3 Å². The van der Waals surface area contributed by atoms with Crippen LogP contribution in [-0.4, -0.2) is 42.9 Å². The molecule has 1 atom stereocenters. The Hall–Kier alpha value is -0.780. The summed E-state index contributed by atoms with van der Waals surface area (Å²) < 4.78 is 12.1. The summed E-state index contributed by atoms with van der Waals surface area (Å²) >= 11 is 3.56. The van der Waals surface area contributed by atoms with E-state index in [2.05, 4.69) is 33.8 Å². The molecule has 0 bridgehead atoms. The Kier molecular flexibility index (Phi) is 5.69. The molecule has 0 saturated carbocycles. The Labute approximate surface area is 128 Å². The summed E-state index contributed by atoms with van der Waals surface area (Å²) in [5, 5.41) is 9.58. The average Bonchev–Trinajstić information content (AvgIpc) is 2.82. The van der Waals surface area contributed by atoms with E-state index in [0.717, 1.165) is 54.0 Å². The van der Waals surface area contributed by atoms with E-state index in [1.165, 1.54) is 0 Å². The van der Waals surface area contributed by atoms with Crippen molar-refractivity contribution < 1.29 is 14.6 Å². The first-order valence-corrected chi connectivity index (χ1v) is 7.83. The number of hydrogen-bond donors (Lipinski definition) is 1. The fourth-order valence-corrected chi connectivity index (χ4v) is 3.03. The van der Waals surface area contributed by atoms with Gasteiger partial charge in [-0.3, -0.25) is 4.90 Å². The predicted molar refractivity (Wildman–Crippen MR) is 82.4 cm³/mol. The van der Waals surface area contributed by atoms with Crippen LogP contribution in [0, 0.1) is 0 Å². The van der Waals surface area contributed by atoms with Crippen molar-refractivity contribution in [2.24, 2.45) is 0 Å². The Balaban J connectivity index is 2.12. The lowest BCUT2D eigenvalue weighted by Crippen LogP contribution is -2.21. The van der Waals surface area contributed by atoms with Crippen LogP contribution in [0.3, 0.4) is 0 Å². The van der Waals surface area contributed by atoms with Crippen molar-refractivity contribution in [2.45, 2.75) is 32.4 Å². The third-order valence-corrected chi connectivity index (χ3v) is 3.98. The van der Waals surface area contributed by atoms with E-state index in [4.69, 9.17) is 9.47 Å². The van der Waals surface area contributed by atoms with E-state index < -0.39 is 0 Å². The lowest BCUT2D eigenvalue weighted by molar-refractivity contribution is 0.174. The zero-order valence-corrected chi connectivity index (χ0v) is 13.6. The molecule has 20 heavy (non-hydrogen) atoms. The molecule has 1 fully saturated rings. The van der Waals surface area contributed by atoms with Crippen molar-refractivity contribution >= 4 is 15.9 Å². The molecular weight excluding hydrogens is 322 g/mol. The maximum Gasteiger partial charge on any atom is 0.175 e. The van der Waals surface area contributed by atoms with E-state index in [0.29, 0.717) is 6.61 Å². The van der Waals surface area contributed by atoms with Gasteiger partial charge in [0.1, 0.15) is 0 Å². The summed E-state index contributed by atoms with van der Waals surface area (Å²) in [5.74, 6) is 1.52. The van der Waals surface area contributed by atoms with Gasteiger partial charge in [-0.1, -0.05) is 6.92 Å². The van der Waals surface area contributed by atoms with Crippen molar-refractivity contribution in [2.75, 3.05) is 26.8 Å². The van der Waals surface area contributed by atoms with Gasteiger partial charge in [-0.15, -0.1) is 0 Å². The van der Waals surface area contributed by atoms with E-state index in [9.17, 15) is 5.11 Å². The van der Waals surface area contributed by atoms with Crippen molar-refractivity contribution in [3.8, 4) is 11.5 Å². The SMILES string of the molecule is CCCOc1c(Br)cc(CN2CC[C@@H](O)C2)cc1OC. The normalized spacial score (nSPS) is 19.3. The summed E-state index contributed by atoms with van der Waals surface area (Å²) in [4.78, 5) is 2.25. The van der Waals surface area contributed by atoms with Gasteiger partial charge in [-0.2, -0.15) is 0 Å². The third-order valence-electron chi connectivity index (χ3n) is 3.39. The number of methoxy groups -OCH3 is 1. The molecule has 5 heteroatoms. The van der Waals surface area contributed by atoms with Crippen LogP contribution in [0.4, 0.5) is 0 Å². The molecule has 112 valence electrons. The van der Waals surface area contributed by atoms with Gasteiger partial charge in [-0.05, 0) is 46.5 Å². The predicted octanol–water partition coefficient (Wildman–Crippen LogP) is 2.81. The summed E-state index contributed by atoms with van der Waals surface area (Å²) in [6, 6.07) is 4.08. The highest BCUT2D eigenvalue weighted by Crippen LogP contribution is 2.37. The second-order valence-electron chi connectivity index (χ2n) is 5.14. The molecule has 0 aromatic heterocycles. The number of ether oxygens (including phenoxy) is 2. The summed E-state index contributed by atoms with van der Waals surface area (Å²) in [6.07, 6.45) is 1.63. The van der Waals surface area contributed by atoms with Gasteiger partial charge in [0, 0.05) is 19.6 Å². The zero-order chi connectivity index (χ0) is 14.5. The number of β-amino-alcohol motifs (C(OH)–C–C–N with tert-alkyl or cyclic N) is 1. The highest BCUT2D eigenvalue weighted by atomic mass is 79.9. The first-order chi connectivity index (χ1) is 9.63. The summed E-state index contributed by atoms with van der Waals surface area (Å²) in [7, 11) is 1.66. The van der Waals surface area contributed by atoms with Gasteiger partial charge in [-0.25, -0.2) is 0 Å². The minimum atomic E-state index is -0.188. The lowest BCUT2D eigenvalue weighted by Gasteiger charge is -2.18. The molecule has 4 nitrogen and oxygen atoms in total. The third kappa shape index (κ3) is 3.87. The number of likely N-dealkylation sites (tertiary alicyclic amines) is 1. The minimum absolute atomic E-state index is 0.188. The average molecular weight is 344 g/mol. The smallest absolute Gasteiger partial charge is 0.175 e. The van der Waals surface area contributed by atoms with Crippen LogP contribution in [0.5, 0.6) is 11.5 Å². The largest absolute Gasteiger partial charge is 0.493 e. The number of benzene rings is 1. The number of nitrogens with zero attached hydrogens (tertiary/aromatic N) is 1. The van der Waals surface area contributed by atoms with E-state index in [1.54, 1.807) is 7.11 Å². The molecule has 1 N–H and O–H groups in total.